The lowest BCUT2D eigenvalue weighted by molar-refractivity contribution is -0.123. The van der Waals surface area contributed by atoms with Crippen LogP contribution in [0.5, 0.6) is 11.5 Å². The van der Waals surface area contributed by atoms with Crippen molar-refractivity contribution in [1.29, 1.82) is 0 Å². The highest BCUT2D eigenvalue weighted by molar-refractivity contribution is 7.80. The molecule has 8 rings (SSSR count). The molecule has 0 saturated heterocycles. The van der Waals surface area contributed by atoms with E-state index in [1.165, 1.54) is 60.7 Å². The number of carboxylic acids is 2. The fraction of sp³-hybridized carbons (Fsp3) is 0.176. The zero-order valence-corrected chi connectivity index (χ0v) is 36.5. The second-order valence-corrected chi connectivity index (χ2v) is 17.9. The second-order valence-electron chi connectivity index (χ2n) is 17.4. The number of nitrogens with one attached hydrogen (secondary N) is 1. The molecule has 0 spiro atoms. The van der Waals surface area contributed by atoms with Crippen molar-refractivity contribution in [1.82, 2.24) is 0 Å². The molecule has 4 aromatic rings. The topological polar surface area (TPSA) is 205 Å². The molecule has 4 aliphatic rings. The van der Waals surface area contributed by atoms with Crippen LogP contribution < -0.4 is 16.2 Å². The molecule has 5 N–H and O–H groups in total. The predicted octanol–water partition coefficient (Wildman–Crippen LogP) is 10.9. The largest absolute Gasteiger partial charge is 0.508 e. The van der Waals surface area contributed by atoms with Crippen molar-refractivity contribution in [2.45, 2.75) is 48.0 Å². The molecule has 0 bridgehead atoms. The van der Waals surface area contributed by atoms with Crippen LogP contribution in [0.4, 0.5) is 5.69 Å². The third-order valence-electron chi connectivity index (χ3n) is 10.6. The minimum absolute atomic E-state index is 0.00864. The molecular weight excluding hydrogens is 835 g/mol. The van der Waals surface area contributed by atoms with Crippen LogP contribution in [-0.4, -0.2) is 43.1 Å². The van der Waals surface area contributed by atoms with Gasteiger partial charge >= 0.3 is 11.9 Å². The van der Waals surface area contributed by atoms with Crippen LogP contribution in [-0.2, 0) is 11.2 Å². The van der Waals surface area contributed by atoms with Gasteiger partial charge in [0, 0.05) is 79.7 Å². The van der Waals surface area contributed by atoms with Gasteiger partial charge in [-0.2, -0.15) is 0 Å². The van der Waals surface area contributed by atoms with Gasteiger partial charge in [-0.25, -0.2) is 9.59 Å². The first-order valence-electron chi connectivity index (χ1n) is 20.1. The normalized spacial score (nSPS) is 11.7. The van der Waals surface area contributed by atoms with E-state index in [4.69, 9.17) is 21.1 Å². The number of benzene rings is 6. The van der Waals surface area contributed by atoms with Crippen molar-refractivity contribution in [3.63, 3.8) is 0 Å². The Morgan fingerprint density at radius 3 is 1.55 bits per heavy atom. The number of carbonyl (C=O) groups excluding carboxylic acids is 1. The monoisotopic (exact) mass is 877 g/mol. The number of aromatic hydroxyl groups is 2. The number of rotatable bonds is 7. The number of phenolic OH excluding ortho intramolecular Hbond substituents is 2. The number of thiocarbonyl (C=S) groups is 1. The fourth-order valence-electron chi connectivity index (χ4n) is 7.18. The molecule has 1 amide bonds. The molecular formula is C51H43NO11S. The van der Waals surface area contributed by atoms with Crippen molar-refractivity contribution in [3.05, 3.63) is 146 Å². The van der Waals surface area contributed by atoms with Gasteiger partial charge in [-0.05, 0) is 94.9 Å². The van der Waals surface area contributed by atoms with E-state index < -0.39 is 17.4 Å². The first-order valence-corrected chi connectivity index (χ1v) is 20.5. The van der Waals surface area contributed by atoms with Crippen molar-refractivity contribution in [3.8, 4) is 56.4 Å². The Hall–Kier alpha value is -7.64. The number of phenols is 2. The van der Waals surface area contributed by atoms with E-state index in [0.29, 0.717) is 73.2 Å². The summed E-state index contributed by atoms with van der Waals surface area (Å²) in [5, 5.41) is 43.7. The van der Waals surface area contributed by atoms with Crippen molar-refractivity contribution in [2.24, 2.45) is 10.8 Å². The van der Waals surface area contributed by atoms with Crippen LogP contribution in [0, 0.1) is 10.8 Å². The Bertz CT molecular complexity index is 3260. The van der Waals surface area contributed by atoms with E-state index in [0.717, 1.165) is 10.4 Å². The number of carboxylic acid groups (broad SMARTS) is 2. The number of fused-ring (bicyclic) bond motifs is 4. The smallest absolute Gasteiger partial charge is 0.336 e. The van der Waals surface area contributed by atoms with Gasteiger partial charge in [-0.1, -0.05) is 65.9 Å². The van der Waals surface area contributed by atoms with Gasteiger partial charge < -0.3 is 34.6 Å². The van der Waals surface area contributed by atoms with Crippen molar-refractivity contribution >= 4 is 62.6 Å². The molecule has 0 radical (unpaired) electrons. The Morgan fingerprint density at radius 2 is 1.06 bits per heavy atom. The highest BCUT2D eigenvalue weighted by Gasteiger charge is 2.26. The summed E-state index contributed by atoms with van der Waals surface area (Å²) in [6.07, 6.45) is 0.498. The number of hydrogen-bond donors (Lipinski definition) is 5. The van der Waals surface area contributed by atoms with Gasteiger partial charge in [0.05, 0.1) is 11.1 Å². The van der Waals surface area contributed by atoms with E-state index in [2.05, 4.69) is 5.32 Å². The molecule has 2 aliphatic carbocycles. The number of anilines is 1. The van der Waals surface area contributed by atoms with E-state index in [1.807, 2.05) is 26.8 Å². The van der Waals surface area contributed by atoms with E-state index >= 15 is 0 Å². The Balaban J connectivity index is 0.000000191. The zero-order valence-electron chi connectivity index (χ0n) is 35.7. The minimum Gasteiger partial charge on any atom is -0.508 e. The Labute approximate surface area is 371 Å². The van der Waals surface area contributed by atoms with Gasteiger partial charge in [-0.15, -0.1) is 0 Å². The number of hydrogen-bond acceptors (Lipinski definition) is 10. The third kappa shape index (κ3) is 9.11. The van der Waals surface area contributed by atoms with Gasteiger partial charge in [0.2, 0.25) is 5.91 Å². The molecule has 0 aromatic heterocycles. The second kappa shape index (κ2) is 16.9. The molecule has 324 valence electrons. The van der Waals surface area contributed by atoms with Crippen LogP contribution in [0.1, 0.15) is 67.8 Å². The molecule has 64 heavy (non-hydrogen) atoms. The Morgan fingerprint density at radius 1 is 0.562 bits per heavy atom. The molecule has 13 heteroatoms. The molecule has 0 atom stereocenters. The van der Waals surface area contributed by atoms with Gasteiger partial charge in [0.1, 0.15) is 34.2 Å². The molecule has 2 heterocycles. The first-order chi connectivity index (χ1) is 30.1. The summed E-state index contributed by atoms with van der Waals surface area (Å²) in [6.45, 7) is 11.4. The molecule has 12 nitrogen and oxygen atoms in total. The summed E-state index contributed by atoms with van der Waals surface area (Å²) in [6, 6.07) is 27.7. The van der Waals surface area contributed by atoms with Crippen molar-refractivity contribution < 1.29 is 43.6 Å². The number of carbonyl (C=O) groups is 3. The summed E-state index contributed by atoms with van der Waals surface area (Å²) < 4.78 is 11.7. The maximum Gasteiger partial charge on any atom is 0.336 e. The predicted molar refractivity (Wildman–Crippen MR) is 250 cm³/mol. The minimum atomic E-state index is -1.14. The highest BCUT2D eigenvalue weighted by atomic mass is 32.1. The molecule has 2 aliphatic heterocycles. The lowest BCUT2D eigenvalue weighted by atomic mass is 9.86. The average Bonchev–Trinajstić information content (AvgIpc) is 3.21. The quantitative estimate of drug-likeness (QED) is 0.0749. The van der Waals surface area contributed by atoms with Crippen LogP contribution in [0.3, 0.4) is 0 Å². The average molecular weight is 878 g/mol. The maximum atomic E-state index is 12.5. The molecule has 0 fully saturated rings. The third-order valence-corrected chi connectivity index (χ3v) is 11.4. The SMILES string of the molecule is CC(C)(C)C(=O)Nc1ccc(C(=O)O)c(-c2c3ccc(=O)cc-3oc3cc(O)ccc23)c1.CC(C)(C)C(=S)Cc1ccc(-c2c3ccc(=O)cc-3oc3cc(O)ccc23)c(C(=O)O)c1. The molecule has 4 aromatic carbocycles. The summed E-state index contributed by atoms with van der Waals surface area (Å²) in [5.74, 6) is -1.88. The maximum absolute atomic E-state index is 12.5. The number of amides is 1. The van der Waals surface area contributed by atoms with Crippen LogP contribution in [0.25, 0.3) is 66.8 Å². The summed E-state index contributed by atoms with van der Waals surface area (Å²) in [5.41, 5.74) is 3.89. The highest BCUT2D eigenvalue weighted by Crippen LogP contribution is 2.44. The lowest BCUT2D eigenvalue weighted by Crippen LogP contribution is -2.27. The standard InChI is InChI=1S/C26H22O5S.C25H21NO6/c1-26(2,3)23(32)11-14-4-7-17(20(10-14)25(29)30)24-18-8-5-15(27)12-21(18)31-22-13-16(28)6-9-19(22)24;1-25(2,3)24(31)26-13-4-7-16(23(29)30)19(10-13)22-17-8-5-14(27)11-20(17)32-21-12-15(28)6-9-18(21)22/h4-10,12-13,27H,11H2,1-3H3,(H,29,30);4-12,27H,1-3H3,(H,26,31)(H,29,30). The summed E-state index contributed by atoms with van der Waals surface area (Å²) in [4.78, 5) is 61.5. The van der Waals surface area contributed by atoms with E-state index in [1.54, 1.807) is 63.2 Å². The molecule has 0 saturated carbocycles. The zero-order chi connectivity index (χ0) is 46.4. The molecule has 0 unspecified atom stereocenters. The van der Waals surface area contributed by atoms with E-state index in [-0.39, 0.29) is 50.6 Å². The van der Waals surface area contributed by atoms with Gasteiger partial charge in [-0.3, -0.25) is 14.4 Å². The van der Waals surface area contributed by atoms with Crippen LogP contribution in [0.15, 0.2) is 128 Å². The van der Waals surface area contributed by atoms with Gasteiger partial charge in [0.25, 0.3) is 0 Å². The van der Waals surface area contributed by atoms with Crippen LogP contribution >= 0.6 is 12.2 Å². The van der Waals surface area contributed by atoms with E-state index in [9.17, 15) is 44.4 Å². The van der Waals surface area contributed by atoms with Crippen LogP contribution in [0.2, 0.25) is 0 Å². The van der Waals surface area contributed by atoms with Crippen molar-refractivity contribution in [2.75, 3.05) is 5.32 Å². The summed E-state index contributed by atoms with van der Waals surface area (Å²) >= 11 is 5.55. The number of aromatic carboxylic acids is 2. The summed E-state index contributed by atoms with van der Waals surface area (Å²) in [7, 11) is 0. The fourth-order valence-corrected chi connectivity index (χ4v) is 7.35. The lowest BCUT2D eigenvalue weighted by Gasteiger charge is -2.21. The first kappa shape index (κ1) is 44.4. The Kier molecular flexibility index (Phi) is 11.7. The van der Waals surface area contributed by atoms with Gasteiger partial charge in [0.15, 0.2) is 10.9 Å².